The van der Waals surface area contributed by atoms with Crippen LogP contribution in [0.25, 0.3) is 22.1 Å². The van der Waals surface area contributed by atoms with Crippen molar-refractivity contribution in [1.29, 1.82) is 0 Å². The van der Waals surface area contributed by atoms with Gasteiger partial charge in [-0.15, -0.1) is 0 Å². The van der Waals surface area contributed by atoms with Gasteiger partial charge in [-0.2, -0.15) is 13.2 Å². The van der Waals surface area contributed by atoms with Gasteiger partial charge in [-0.1, -0.05) is 80.6 Å². The number of anilines is 1. The van der Waals surface area contributed by atoms with Crippen LogP contribution >= 0.6 is 0 Å². The van der Waals surface area contributed by atoms with E-state index in [4.69, 9.17) is 30.5 Å². The molecule has 0 spiro atoms. The number of halogens is 3. The first-order chi connectivity index (χ1) is 27.2. The largest absolute Gasteiger partial charge is 0.490 e. The second kappa shape index (κ2) is 19.0. The lowest BCUT2D eigenvalue weighted by molar-refractivity contribution is -0.192. The fourth-order valence-electron chi connectivity index (χ4n) is 7.73. The van der Waals surface area contributed by atoms with Crippen LogP contribution in [0, 0.1) is 12.8 Å². The number of rotatable bonds is 13. The molecule has 15 heteroatoms. The number of benzene rings is 3. The number of hydrogen-bond donors (Lipinski definition) is 4. The Bertz CT molecular complexity index is 2090. The molecule has 1 fully saturated rings. The zero-order valence-corrected chi connectivity index (χ0v) is 31.6. The summed E-state index contributed by atoms with van der Waals surface area (Å²) < 4.78 is 43.1. The molecule has 12 nitrogen and oxygen atoms in total. The standard InChI is InChI=1S/C40H46N4O6.C2HF3O2/c1-25-21-37(45)50-36-23-27(18-19-28(25)36)44(35(38(42)46)17-9-10-20-41)39(47)34(22-26-11-3-2-4-12-26)43-40(48)49-24-33-31-15-7-5-13-29(31)30-14-6-8-16-32(30)33;3-2(4,5)1(6)7/h5-8,13-16,18-19,21,23,26,33-35H,2-4,9-12,17,20,22,24,41H2,1H3,(H2,42,46)(H,43,48);(H,6,7)/t34-,35-;/m0./s1. The molecule has 2 atom stereocenters. The number of carboxylic acids is 1. The molecule has 4 aromatic rings. The molecule has 0 unspecified atom stereocenters. The van der Waals surface area contributed by atoms with Crippen molar-refractivity contribution in [3.63, 3.8) is 0 Å². The van der Waals surface area contributed by atoms with Crippen LogP contribution in [0.2, 0.25) is 0 Å². The lowest BCUT2D eigenvalue weighted by atomic mass is 9.84. The Hall–Kier alpha value is -5.70. The van der Waals surface area contributed by atoms with Crippen LogP contribution in [-0.2, 0) is 19.1 Å². The monoisotopic (exact) mass is 792 g/mol. The van der Waals surface area contributed by atoms with Crippen molar-refractivity contribution < 1.29 is 46.6 Å². The number of nitrogens with one attached hydrogen (secondary N) is 1. The van der Waals surface area contributed by atoms with Gasteiger partial charge in [-0.25, -0.2) is 14.4 Å². The number of primary amides is 1. The third-order valence-electron chi connectivity index (χ3n) is 10.5. The average molecular weight is 793 g/mol. The molecule has 0 radical (unpaired) electrons. The van der Waals surface area contributed by atoms with Crippen LogP contribution in [0.1, 0.15) is 80.4 Å². The van der Waals surface area contributed by atoms with Gasteiger partial charge in [-0.05, 0) is 85.0 Å². The third kappa shape index (κ3) is 10.6. The molecule has 2 aliphatic rings. The van der Waals surface area contributed by atoms with E-state index in [0.717, 1.165) is 59.9 Å². The molecule has 3 amide bonds. The summed E-state index contributed by atoms with van der Waals surface area (Å²) in [5.41, 5.74) is 17.0. The van der Waals surface area contributed by atoms with Gasteiger partial charge in [0.15, 0.2) is 0 Å². The molecule has 1 heterocycles. The number of aliphatic carboxylic acids is 1. The number of nitrogens with zero attached hydrogens (tertiary/aromatic N) is 1. The summed E-state index contributed by atoms with van der Waals surface area (Å²) in [6.45, 7) is 2.33. The van der Waals surface area contributed by atoms with E-state index in [1.807, 2.05) is 24.3 Å². The molecule has 1 saturated carbocycles. The minimum Gasteiger partial charge on any atom is -0.475 e. The van der Waals surface area contributed by atoms with E-state index in [2.05, 4.69) is 29.6 Å². The van der Waals surface area contributed by atoms with Crippen molar-refractivity contribution in [3.8, 4) is 11.1 Å². The van der Waals surface area contributed by atoms with E-state index in [-0.39, 0.29) is 30.4 Å². The van der Waals surface area contributed by atoms with Crippen LogP contribution in [0.15, 0.2) is 82.0 Å². The van der Waals surface area contributed by atoms with E-state index in [9.17, 15) is 32.3 Å². The molecule has 0 aliphatic heterocycles. The molecule has 6 rings (SSSR count). The third-order valence-corrected chi connectivity index (χ3v) is 10.5. The summed E-state index contributed by atoms with van der Waals surface area (Å²) in [6, 6.07) is 20.7. The van der Waals surface area contributed by atoms with E-state index < -0.39 is 47.8 Å². The summed E-state index contributed by atoms with van der Waals surface area (Å²) in [5, 5.41) is 10.7. The molecule has 57 heavy (non-hydrogen) atoms. The zero-order valence-electron chi connectivity index (χ0n) is 31.6. The molecule has 6 N–H and O–H groups in total. The number of aryl methyl sites for hydroxylation is 1. The van der Waals surface area contributed by atoms with Crippen molar-refractivity contribution in [2.75, 3.05) is 18.1 Å². The van der Waals surface area contributed by atoms with Crippen LogP contribution in [0.4, 0.5) is 23.7 Å². The molecular formula is C42H47F3N4O8. The number of carbonyl (C=O) groups excluding carboxylic acids is 3. The molecule has 304 valence electrons. The number of ether oxygens (including phenoxy) is 1. The Balaban J connectivity index is 0.000000811. The first kappa shape index (κ1) is 42.4. The van der Waals surface area contributed by atoms with Gasteiger partial charge in [0.25, 0.3) is 0 Å². The first-order valence-corrected chi connectivity index (χ1v) is 19.0. The van der Waals surface area contributed by atoms with E-state index in [0.29, 0.717) is 36.9 Å². The van der Waals surface area contributed by atoms with Crippen molar-refractivity contribution >= 4 is 40.5 Å². The quantitative estimate of drug-likeness (QED) is 0.0820. The smallest absolute Gasteiger partial charge is 0.475 e. The van der Waals surface area contributed by atoms with Gasteiger partial charge >= 0.3 is 23.9 Å². The van der Waals surface area contributed by atoms with Crippen LogP contribution in [-0.4, -0.2) is 60.4 Å². The highest BCUT2D eigenvalue weighted by Gasteiger charge is 2.39. The highest BCUT2D eigenvalue weighted by atomic mass is 19.4. The van der Waals surface area contributed by atoms with Crippen molar-refractivity contribution in [2.45, 2.75) is 88.9 Å². The normalized spacial score (nSPS) is 15.0. The van der Waals surface area contributed by atoms with Crippen LogP contribution in [0.3, 0.4) is 0 Å². The number of carboxylic acid groups (broad SMARTS) is 1. The number of carbonyl (C=O) groups is 4. The number of amides is 3. The number of unbranched alkanes of at least 4 members (excludes halogenated alkanes) is 1. The zero-order chi connectivity index (χ0) is 41.3. The van der Waals surface area contributed by atoms with Crippen LogP contribution < -0.4 is 27.3 Å². The minimum atomic E-state index is -5.08. The number of nitrogens with two attached hydrogens (primary N) is 2. The predicted molar refractivity (Wildman–Crippen MR) is 207 cm³/mol. The lowest BCUT2D eigenvalue weighted by Gasteiger charge is -2.35. The van der Waals surface area contributed by atoms with Gasteiger partial charge in [0.1, 0.15) is 24.3 Å². The topological polar surface area (TPSA) is 195 Å². The Kier molecular flexibility index (Phi) is 14.1. The Labute approximate surface area is 327 Å². The van der Waals surface area contributed by atoms with Crippen molar-refractivity contribution in [2.24, 2.45) is 17.4 Å². The fourth-order valence-corrected chi connectivity index (χ4v) is 7.73. The summed E-state index contributed by atoms with van der Waals surface area (Å²) in [6.07, 6.45) is 1.17. The SMILES string of the molecule is Cc1cc(=O)oc2cc(N(C(=O)[C@H](CC3CCCCC3)NC(=O)OCC3c4ccccc4-c4ccccc43)[C@@H](CCCCN)C(N)=O)ccc12.O=C(O)C(F)(F)F. The van der Waals surface area contributed by atoms with Gasteiger partial charge in [0.2, 0.25) is 11.8 Å². The Morgan fingerprint density at radius 3 is 2.14 bits per heavy atom. The number of alkyl halides is 3. The van der Waals surface area contributed by atoms with Crippen molar-refractivity contribution in [3.05, 3.63) is 99.9 Å². The molecule has 0 saturated heterocycles. The van der Waals surface area contributed by atoms with Gasteiger partial charge in [-0.3, -0.25) is 14.5 Å². The van der Waals surface area contributed by atoms with Gasteiger partial charge < -0.3 is 31.0 Å². The van der Waals surface area contributed by atoms with E-state index >= 15 is 0 Å². The Morgan fingerprint density at radius 2 is 1.56 bits per heavy atom. The maximum atomic E-state index is 14.8. The van der Waals surface area contributed by atoms with E-state index in [1.54, 1.807) is 25.1 Å². The highest BCUT2D eigenvalue weighted by molar-refractivity contribution is 6.05. The number of fused-ring (bicyclic) bond motifs is 4. The summed E-state index contributed by atoms with van der Waals surface area (Å²) in [7, 11) is 0. The summed E-state index contributed by atoms with van der Waals surface area (Å²) in [4.78, 5) is 64.1. The molecule has 3 aromatic carbocycles. The van der Waals surface area contributed by atoms with Crippen LogP contribution in [0.5, 0.6) is 0 Å². The second-order valence-corrected chi connectivity index (χ2v) is 14.4. The highest BCUT2D eigenvalue weighted by Crippen LogP contribution is 2.44. The molecule has 1 aromatic heterocycles. The van der Waals surface area contributed by atoms with E-state index in [1.165, 1.54) is 11.0 Å². The average Bonchev–Trinajstić information content (AvgIpc) is 3.49. The number of hydrogen-bond acceptors (Lipinski definition) is 8. The fraction of sp³-hybridized carbons (Fsp3) is 0.405. The predicted octanol–water partition coefficient (Wildman–Crippen LogP) is 6.93. The maximum absolute atomic E-state index is 14.8. The second-order valence-electron chi connectivity index (χ2n) is 14.4. The molecule has 0 bridgehead atoms. The molecule has 2 aliphatic carbocycles. The number of alkyl carbamates (subject to hydrolysis) is 1. The van der Waals surface area contributed by atoms with Gasteiger partial charge in [0.05, 0.1) is 0 Å². The maximum Gasteiger partial charge on any atom is 0.490 e. The first-order valence-electron chi connectivity index (χ1n) is 19.0. The molecular weight excluding hydrogens is 745 g/mol. The summed E-state index contributed by atoms with van der Waals surface area (Å²) in [5.74, 6) is -3.86. The Morgan fingerprint density at radius 1 is 0.947 bits per heavy atom. The lowest BCUT2D eigenvalue weighted by Crippen LogP contribution is -2.56. The minimum absolute atomic E-state index is 0.0972. The van der Waals surface area contributed by atoms with Gasteiger partial charge in [0, 0.05) is 29.1 Å². The van der Waals surface area contributed by atoms with Crippen molar-refractivity contribution in [1.82, 2.24) is 5.32 Å². The summed E-state index contributed by atoms with van der Waals surface area (Å²) >= 11 is 0.